The molecule has 0 spiro atoms. The molecule has 0 fully saturated rings. The summed E-state index contributed by atoms with van der Waals surface area (Å²) in [4.78, 5) is 13.1. The van der Waals surface area contributed by atoms with Crippen LogP contribution in [0.5, 0.6) is 0 Å². The maximum atomic E-state index is 13.3. The topological polar surface area (TPSA) is 88.4 Å². The predicted molar refractivity (Wildman–Crippen MR) is 133 cm³/mol. The first-order valence-electron chi connectivity index (χ1n) is 11.3. The molecule has 1 heterocycles. The first kappa shape index (κ1) is 23.7. The smallest absolute Gasteiger partial charge is 0.225 e. The van der Waals surface area contributed by atoms with Crippen molar-refractivity contribution in [2.75, 3.05) is 13.2 Å². The van der Waals surface area contributed by atoms with Gasteiger partial charge in [-0.2, -0.15) is 0 Å². The van der Waals surface area contributed by atoms with Crippen LogP contribution in [0.4, 0.5) is 0 Å². The van der Waals surface area contributed by atoms with Crippen molar-refractivity contribution in [3.05, 3.63) is 102 Å². The van der Waals surface area contributed by atoms with Gasteiger partial charge in [0.25, 0.3) is 0 Å². The quantitative estimate of drug-likeness (QED) is 0.342. The van der Waals surface area contributed by atoms with Crippen LogP contribution >= 0.6 is 0 Å². The van der Waals surface area contributed by atoms with Crippen molar-refractivity contribution in [2.24, 2.45) is 0 Å². The van der Waals surface area contributed by atoms with Crippen LogP contribution in [-0.4, -0.2) is 37.2 Å². The average molecular weight is 477 g/mol. The molecule has 4 rings (SSSR count). The maximum absolute atomic E-state index is 13.3. The molecule has 0 radical (unpaired) electrons. The van der Waals surface area contributed by atoms with Gasteiger partial charge in [0.15, 0.2) is 9.84 Å². The van der Waals surface area contributed by atoms with Crippen molar-refractivity contribution in [2.45, 2.75) is 30.0 Å². The highest BCUT2D eigenvalue weighted by atomic mass is 32.2. The van der Waals surface area contributed by atoms with Crippen LogP contribution in [-0.2, 0) is 33.4 Å². The number of nitrogens with zero attached hydrogens (tertiary/aromatic N) is 1. The summed E-state index contributed by atoms with van der Waals surface area (Å²) in [5.41, 5.74) is 3.28. The average Bonchev–Trinajstić information content (AvgIpc) is 3.12. The monoisotopic (exact) mass is 476 g/mol. The predicted octanol–water partition coefficient (Wildman–Crippen LogP) is 3.70. The van der Waals surface area contributed by atoms with E-state index in [1.54, 1.807) is 30.3 Å². The summed E-state index contributed by atoms with van der Waals surface area (Å²) < 4.78 is 28.7. The number of rotatable bonds is 10. The third-order valence-electron chi connectivity index (χ3n) is 5.80. The molecule has 0 aliphatic carbocycles. The summed E-state index contributed by atoms with van der Waals surface area (Å²) in [5.74, 6) is -0.401. The molecule has 0 aliphatic rings. The van der Waals surface area contributed by atoms with Gasteiger partial charge in [-0.05, 0) is 35.7 Å². The second-order valence-corrected chi connectivity index (χ2v) is 10.2. The zero-order valence-corrected chi connectivity index (χ0v) is 19.7. The molecule has 6 nitrogen and oxygen atoms in total. The summed E-state index contributed by atoms with van der Waals surface area (Å²) in [5, 5.41) is 12.7. The normalized spacial score (nSPS) is 11.6. The zero-order valence-electron chi connectivity index (χ0n) is 18.9. The highest BCUT2D eigenvalue weighted by molar-refractivity contribution is 7.90. The number of carbonyl (C=O) groups excluding carboxylic acids is 1. The van der Waals surface area contributed by atoms with Crippen molar-refractivity contribution in [1.82, 2.24) is 9.88 Å². The second-order valence-electron chi connectivity index (χ2n) is 8.19. The second kappa shape index (κ2) is 10.7. The van der Waals surface area contributed by atoms with Crippen LogP contribution in [0.3, 0.4) is 0 Å². The molecular weight excluding hydrogens is 448 g/mol. The van der Waals surface area contributed by atoms with E-state index in [9.17, 15) is 13.2 Å². The van der Waals surface area contributed by atoms with E-state index in [0.717, 1.165) is 16.5 Å². The molecule has 2 N–H and O–H groups in total. The lowest BCUT2D eigenvalue weighted by Crippen LogP contribution is -2.28. The number of nitrogens with one attached hydrogen (secondary N) is 1. The minimum Gasteiger partial charge on any atom is -0.396 e. The van der Waals surface area contributed by atoms with E-state index in [2.05, 4.69) is 5.32 Å². The Bertz CT molecular complexity index is 1360. The fourth-order valence-corrected chi connectivity index (χ4v) is 5.60. The van der Waals surface area contributed by atoms with E-state index < -0.39 is 9.84 Å². The third-order valence-corrected chi connectivity index (χ3v) is 7.46. The Morgan fingerprint density at radius 2 is 1.53 bits per heavy atom. The van der Waals surface area contributed by atoms with Crippen LogP contribution < -0.4 is 5.32 Å². The fourth-order valence-electron chi connectivity index (χ4n) is 4.16. The zero-order chi connectivity index (χ0) is 24.0. The van der Waals surface area contributed by atoms with Gasteiger partial charge in [-0.1, -0.05) is 66.7 Å². The maximum Gasteiger partial charge on any atom is 0.225 e. The standard InChI is InChI=1S/C27H28N2O4S/c30-17-9-16-28-27(31)18-26-24(20-34(32,33)22-12-5-2-6-13-22)23-14-7-8-15-25(23)29(26)19-21-10-3-1-4-11-21/h1-8,10-15,30H,9,16-20H2,(H,28,31). The van der Waals surface area contributed by atoms with Crippen LogP contribution in [0.15, 0.2) is 89.8 Å². The van der Waals surface area contributed by atoms with Gasteiger partial charge >= 0.3 is 0 Å². The van der Waals surface area contributed by atoms with Gasteiger partial charge in [-0.25, -0.2) is 8.42 Å². The first-order chi connectivity index (χ1) is 16.5. The number of amides is 1. The van der Waals surface area contributed by atoms with Crippen LogP contribution in [0, 0.1) is 0 Å². The van der Waals surface area contributed by atoms with E-state index in [4.69, 9.17) is 5.11 Å². The van der Waals surface area contributed by atoms with E-state index >= 15 is 0 Å². The Morgan fingerprint density at radius 1 is 0.882 bits per heavy atom. The van der Waals surface area contributed by atoms with Crippen molar-refractivity contribution in [3.63, 3.8) is 0 Å². The number of hydrogen-bond donors (Lipinski definition) is 2. The number of fused-ring (bicyclic) bond motifs is 1. The Hall–Kier alpha value is -3.42. The molecular formula is C27H28N2O4S. The van der Waals surface area contributed by atoms with Gasteiger partial charge in [0.2, 0.25) is 5.91 Å². The number of aliphatic hydroxyl groups is 1. The Labute approximate surface area is 199 Å². The van der Waals surface area contributed by atoms with Crippen molar-refractivity contribution in [3.8, 4) is 0 Å². The number of sulfone groups is 1. The lowest BCUT2D eigenvalue weighted by Gasteiger charge is -2.13. The SMILES string of the molecule is O=C(Cc1c(CS(=O)(=O)c2ccccc2)c2ccccc2n1Cc1ccccc1)NCCCO. The number of carbonyl (C=O) groups is 1. The Kier molecular flexibility index (Phi) is 7.45. The number of hydrogen-bond acceptors (Lipinski definition) is 4. The summed E-state index contributed by atoms with van der Waals surface area (Å²) in [6, 6.07) is 26.0. The van der Waals surface area contributed by atoms with Gasteiger partial charge in [0.1, 0.15) is 0 Å². The van der Waals surface area contributed by atoms with Gasteiger partial charge < -0.3 is 15.0 Å². The van der Waals surface area contributed by atoms with Crippen molar-refractivity contribution < 1.29 is 18.3 Å². The largest absolute Gasteiger partial charge is 0.396 e. The van der Waals surface area contributed by atoms with Gasteiger partial charge in [0.05, 0.1) is 17.1 Å². The molecule has 3 aromatic carbocycles. The minimum absolute atomic E-state index is 0.00484. The summed E-state index contributed by atoms with van der Waals surface area (Å²) in [6.07, 6.45) is 0.514. The molecule has 176 valence electrons. The summed E-state index contributed by atoms with van der Waals surface area (Å²) in [6.45, 7) is 0.882. The van der Waals surface area contributed by atoms with E-state index in [0.29, 0.717) is 30.8 Å². The number of benzene rings is 3. The van der Waals surface area contributed by atoms with E-state index in [1.165, 1.54) is 0 Å². The number of para-hydroxylation sites is 1. The van der Waals surface area contributed by atoms with Crippen LogP contribution in [0.25, 0.3) is 10.9 Å². The Balaban J connectivity index is 1.81. The first-order valence-corrected chi connectivity index (χ1v) is 12.9. The third kappa shape index (κ3) is 5.38. The van der Waals surface area contributed by atoms with E-state index in [1.807, 2.05) is 59.2 Å². The molecule has 34 heavy (non-hydrogen) atoms. The minimum atomic E-state index is -3.62. The van der Waals surface area contributed by atoms with Gasteiger partial charge in [0, 0.05) is 36.3 Å². The van der Waals surface area contributed by atoms with Crippen LogP contribution in [0.2, 0.25) is 0 Å². The molecule has 0 atom stereocenters. The highest BCUT2D eigenvalue weighted by Crippen LogP contribution is 2.31. The number of aliphatic hydroxyl groups excluding tert-OH is 1. The molecule has 0 aliphatic heterocycles. The molecule has 1 amide bonds. The van der Waals surface area contributed by atoms with E-state index in [-0.39, 0.29) is 29.6 Å². The molecule has 0 saturated heterocycles. The lowest BCUT2D eigenvalue weighted by molar-refractivity contribution is -0.120. The molecule has 1 aromatic heterocycles. The molecule has 0 bridgehead atoms. The van der Waals surface area contributed by atoms with Crippen molar-refractivity contribution >= 4 is 26.6 Å². The molecule has 0 saturated carbocycles. The van der Waals surface area contributed by atoms with Crippen LogP contribution in [0.1, 0.15) is 23.2 Å². The Morgan fingerprint density at radius 3 is 2.24 bits per heavy atom. The molecule has 7 heteroatoms. The summed E-state index contributed by atoms with van der Waals surface area (Å²) >= 11 is 0. The highest BCUT2D eigenvalue weighted by Gasteiger charge is 2.25. The molecule has 4 aromatic rings. The van der Waals surface area contributed by atoms with Crippen molar-refractivity contribution in [1.29, 1.82) is 0 Å². The van der Waals surface area contributed by atoms with Gasteiger partial charge in [-0.3, -0.25) is 4.79 Å². The fraction of sp³-hybridized carbons (Fsp3) is 0.222. The summed E-state index contributed by atoms with van der Waals surface area (Å²) in [7, 11) is -3.62. The van der Waals surface area contributed by atoms with Gasteiger partial charge in [-0.15, -0.1) is 0 Å². The molecule has 0 unspecified atom stereocenters. The number of aromatic nitrogens is 1. The lowest BCUT2D eigenvalue weighted by atomic mass is 10.1.